The number of H-pyrrole nitrogens is 1. The molecule has 1 aliphatic heterocycles. The molecule has 2 heterocycles. The number of hydrogen-bond donors (Lipinski definition) is 1. The number of benzene rings is 2. The third kappa shape index (κ3) is 2.89. The number of nitrogens with one attached hydrogen (secondary N) is 1. The van der Waals surface area contributed by atoms with Crippen molar-refractivity contribution in [3.63, 3.8) is 0 Å². The smallest absolute Gasteiger partial charge is 0.0459 e. The van der Waals surface area contributed by atoms with Crippen LogP contribution in [0.1, 0.15) is 42.5 Å². The first-order valence-electron chi connectivity index (χ1n) is 10.7. The van der Waals surface area contributed by atoms with E-state index in [0.717, 1.165) is 6.54 Å². The second kappa shape index (κ2) is 7.06. The van der Waals surface area contributed by atoms with Crippen molar-refractivity contribution in [3.05, 3.63) is 71.4 Å². The van der Waals surface area contributed by atoms with Crippen LogP contribution in [0.15, 0.2) is 54.6 Å². The second-order valence-corrected chi connectivity index (χ2v) is 8.87. The Hall–Kier alpha value is -2.10. The summed E-state index contributed by atoms with van der Waals surface area (Å²) in [5, 5.41) is 1.43. The van der Waals surface area contributed by atoms with Gasteiger partial charge in [-0.2, -0.15) is 0 Å². The molecule has 3 heteroatoms. The first-order valence-corrected chi connectivity index (χ1v) is 10.7. The quantitative estimate of drug-likeness (QED) is 0.703. The zero-order valence-corrected chi connectivity index (χ0v) is 17.1. The van der Waals surface area contributed by atoms with E-state index in [4.69, 9.17) is 0 Å². The fourth-order valence-electron chi connectivity index (χ4n) is 5.71. The van der Waals surface area contributed by atoms with Crippen molar-refractivity contribution >= 4 is 10.9 Å². The van der Waals surface area contributed by atoms with Crippen LogP contribution in [0.25, 0.3) is 10.9 Å². The zero-order chi connectivity index (χ0) is 19.1. The van der Waals surface area contributed by atoms with Gasteiger partial charge in [-0.25, -0.2) is 0 Å². The van der Waals surface area contributed by atoms with Crippen LogP contribution >= 0.6 is 0 Å². The highest BCUT2D eigenvalue weighted by Crippen LogP contribution is 2.43. The van der Waals surface area contributed by atoms with Gasteiger partial charge in [0.15, 0.2) is 0 Å². The van der Waals surface area contributed by atoms with Gasteiger partial charge in [0, 0.05) is 41.3 Å². The molecule has 28 heavy (non-hydrogen) atoms. The Balaban J connectivity index is 1.33. The minimum Gasteiger partial charge on any atom is -0.357 e. The maximum Gasteiger partial charge on any atom is 0.0459 e. The summed E-state index contributed by atoms with van der Waals surface area (Å²) in [5.74, 6) is 0. The molecule has 3 nitrogen and oxygen atoms in total. The minimum atomic E-state index is 0.194. The number of aromatic nitrogens is 1. The fourth-order valence-corrected chi connectivity index (χ4v) is 5.71. The highest BCUT2D eigenvalue weighted by Gasteiger charge is 2.40. The van der Waals surface area contributed by atoms with Gasteiger partial charge in [-0.1, -0.05) is 48.5 Å². The summed E-state index contributed by atoms with van der Waals surface area (Å²) in [6.07, 6.45) is 6.22. The highest BCUT2D eigenvalue weighted by atomic mass is 15.2. The van der Waals surface area contributed by atoms with Crippen LogP contribution in [0.4, 0.5) is 0 Å². The number of rotatable bonds is 3. The molecule has 2 aromatic carbocycles. The van der Waals surface area contributed by atoms with Crippen LogP contribution in [-0.4, -0.2) is 41.5 Å². The maximum atomic E-state index is 3.70. The van der Waals surface area contributed by atoms with E-state index in [1.54, 1.807) is 5.56 Å². The SMILES string of the molecule is CN(C)C1(c2ccccc2)CCC(N2CCc3c([nH]c4ccccc34)C2)CC1. The molecule has 0 atom stereocenters. The average molecular weight is 374 g/mol. The summed E-state index contributed by atoms with van der Waals surface area (Å²) in [5.41, 5.74) is 5.97. The molecule has 1 aromatic heterocycles. The lowest BCUT2D eigenvalue weighted by molar-refractivity contribution is 0.0438. The Morgan fingerprint density at radius 3 is 2.43 bits per heavy atom. The Kier molecular flexibility index (Phi) is 4.53. The van der Waals surface area contributed by atoms with Crippen molar-refractivity contribution in [2.75, 3.05) is 20.6 Å². The van der Waals surface area contributed by atoms with Crippen LogP contribution in [0.5, 0.6) is 0 Å². The monoisotopic (exact) mass is 373 g/mol. The van der Waals surface area contributed by atoms with Gasteiger partial charge in [0.2, 0.25) is 0 Å². The Morgan fingerprint density at radius 2 is 1.68 bits per heavy atom. The molecule has 2 aliphatic rings. The van der Waals surface area contributed by atoms with E-state index in [9.17, 15) is 0 Å². The summed E-state index contributed by atoms with van der Waals surface area (Å²) in [6, 6.07) is 20.6. The lowest BCUT2D eigenvalue weighted by Crippen LogP contribution is -2.49. The highest BCUT2D eigenvalue weighted by molar-refractivity contribution is 5.84. The number of aromatic amines is 1. The first-order chi connectivity index (χ1) is 13.7. The molecule has 0 saturated heterocycles. The maximum absolute atomic E-state index is 3.70. The zero-order valence-electron chi connectivity index (χ0n) is 17.1. The number of hydrogen-bond acceptors (Lipinski definition) is 2. The summed E-state index contributed by atoms with van der Waals surface area (Å²) >= 11 is 0. The van der Waals surface area contributed by atoms with E-state index in [1.165, 1.54) is 60.8 Å². The molecular formula is C25H31N3. The van der Waals surface area contributed by atoms with Crippen molar-refractivity contribution in [2.24, 2.45) is 0 Å². The Labute approximate surface area is 168 Å². The van der Waals surface area contributed by atoms with Gasteiger partial charge in [0.05, 0.1) is 0 Å². The summed E-state index contributed by atoms with van der Waals surface area (Å²) < 4.78 is 0. The molecule has 0 unspecified atom stereocenters. The van der Waals surface area contributed by atoms with Crippen molar-refractivity contribution in [1.29, 1.82) is 0 Å². The normalized spacial score (nSPS) is 25.9. The predicted octanol–water partition coefficient (Wildman–Crippen LogP) is 4.93. The van der Waals surface area contributed by atoms with Crippen LogP contribution < -0.4 is 0 Å². The van der Waals surface area contributed by atoms with E-state index in [-0.39, 0.29) is 5.54 Å². The first kappa shape index (κ1) is 18.0. The summed E-state index contributed by atoms with van der Waals surface area (Å²) in [7, 11) is 4.51. The van der Waals surface area contributed by atoms with Gasteiger partial charge < -0.3 is 4.98 Å². The average Bonchev–Trinajstić information content (AvgIpc) is 3.12. The molecule has 0 radical (unpaired) electrons. The van der Waals surface area contributed by atoms with Crippen LogP contribution in [0.3, 0.4) is 0 Å². The largest absolute Gasteiger partial charge is 0.357 e. The molecule has 0 spiro atoms. The van der Waals surface area contributed by atoms with E-state index in [2.05, 4.69) is 83.5 Å². The fraction of sp³-hybridized carbons (Fsp3) is 0.440. The Bertz CT molecular complexity index is 948. The van der Waals surface area contributed by atoms with Crippen molar-refractivity contribution < 1.29 is 0 Å². The van der Waals surface area contributed by atoms with Gasteiger partial charge in [-0.05, 0) is 63.4 Å². The van der Waals surface area contributed by atoms with E-state index < -0.39 is 0 Å². The predicted molar refractivity (Wildman–Crippen MR) is 116 cm³/mol. The molecule has 5 rings (SSSR count). The van der Waals surface area contributed by atoms with E-state index in [0.29, 0.717) is 6.04 Å². The second-order valence-electron chi connectivity index (χ2n) is 8.87. The molecule has 146 valence electrons. The van der Waals surface area contributed by atoms with Crippen molar-refractivity contribution in [3.8, 4) is 0 Å². The third-order valence-electron chi connectivity index (χ3n) is 7.38. The standard InChI is InChI=1S/C25H31N3/c1-27(2)25(19-8-4-3-5-9-19)15-12-20(13-16-25)28-17-14-22-21-10-6-7-11-23(21)26-24(22)18-28/h3-11,20,26H,12-18H2,1-2H3. The number of nitrogens with zero attached hydrogens (tertiary/aromatic N) is 2. The van der Waals surface area contributed by atoms with Gasteiger partial charge in [-0.15, -0.1) is 0 Å². The van der Waals surface area contributed by atoms with Crippen LogP contribution in [0, 0.1) is 0 Å². The number of fused-ring (bicyclic) bond motifs is 3. The minimum absolute atomic E-state index is 0.194. The topological polar surface area (TPSA) is 22.3 Å². The lowest BCUT2D eigenvalue weighted by atomic mass is 9.73. The van der Waals surface area contributed by atoms with Crippen molar-refractivity contribution in [1.82, 2.24) is 14.8 Å². The Morgan fingerprint density at radius 1 is 0.964 bits per heavy atom. The molecule has 1 saturated carbocycles. The van der Waals surface area contributed by atoms with E-state index in [1.807, 2.05) is 0 Å². The molecule has 3 aromatic rings. The molecular weight excluding hydrogens is 342 g/mol. The third-order valence-corrected chi connectivity index (χ3v) is 7.38. The molecule has 0 bridgehead atoms. The van der Waals surface area contributed by atoms with Gasteiger partial charge >= 0.3 is 0 Å². The van der Waals surface area contributed by atoms with E-state index >= 15 is 0 Å². The molecule has 1 fully saturated rings. The van der Waals surface area contributed by atoms with Crippen molar-refractivity contribution in [2.45, 2.75) is 50.2 Å². The van der Waals surface area contributed by atoms with Crippen LogP contribution in [-0.2, 0) is 18.5 Å². The van der Waals surface area contributed by atoms with Gasteiger partial charge in [-0.3, -0.25) is 9.80 Å². The summed E-state index contributed by atoms with van der Waals surface area (Å²) in [6.45, 7) is 2.27. The van der Waals surface area contributed by atoms with Gasteiger partial charge in [0.25, 0.3) is 0 Å². The molecule has 1 aliphatic carbocycles. The van der Waals surface area contributed by atoms with Crippen LogP contribution in [0.2, 0.25) is 0 Å². The van der Waals surface area contributed by atoms with Gasteiger partial charge in [0.1, 0.15) is 0 Å². The molecule has 0 amide bonds. The summed E-state index contributed by atoms with van der Waals surface area (Å²) in [4.78, 5) is 8.90. The number of para-hydroxylation sites is 1. The lowest BCUT2D eigenvalue weighted by Gasteiger charge is -2.48. The molecule has 1 N–H and O–H groups in total.